The van der Waals surface area contributed by atoms with Crippen molar-refractivity contribution < 1.29 is 9.84 Å². The van der Waals surface area contributed by atoms with E-state index in [9.17, 15) is 5.11 Å². The molecule has 0 bridgehead atoms. The van der Waals surface area contributed by atoms with Gasteiger partial charge in [-0.2, -0.15) is 0 Å². The van der Waals surface area contributed by atoms with E-state index in [4.69, 9.17) is 4.74 Å². The van der Waals surface area contributed by atoms with Gasteiger partial charge in [-0.1, -0.05) is 19.1 Å². The molecule has 1 aromatic heterocycles. The van der Waals surface area contributed by atoms with E-state index < -0.39 is 6.10 Å². The van der Waals surface area contributed by atoms with Crippen LogP contribution < -0.4 is 4.74 Å². The summed E-state index contributed by atoms with van der Waals surface area (Å²) in [6.45, 7) is 7.30. The normalized spacial score (nSPS) is 12.4. The Labute approximate surface area is 120 Å². The Bertz CT molecular complexity index is 561. The van der Waals surface area contributed by atoms with Crippen molar-refractivity contribution in [3.63, 3.8) is 0 Å². The highest BCUT2D eigenvalue weighted by Crippen LogP contribution is 2.27. The maximum atomic E-state index is 9.79. The molecule has 4 heteroatoms. The number of aromatic nitrogens is 2. The highest BCUT2D eigenvalue weighted by atomic mass is 16.5. The molecule has 0 unspecified atom stereocenters. The molecule has 0 aliphatic rings. The predicted octanol–water partition coefficient (Wildman–Crippen LogP) is 3.23. The van der Waals surface area contributed by atoms with Crippen molar-refractivity contribution in [2.45, 2.75) is 46.4 Å². The number of imidazole rings is 1. The number of aryl methyl sites for hydroxylation is 2. The number of rotatable bonds is 6. The summed E-state index contributed by atoms with van der Waals surface area (Å²) in [6, 6.07) is 5.86. The number of nitrogens with zero attached hydrogens (tertiary/aromatic N) is 2. The van der Waals surface area contributed by atoms with Crippen molar-refractivity contribution in [3.8, 4) is 5.75 Å². The highest BCUT2D eigenvalue weighted by Gasteiger charge is 2.10. The summed E-state index contributed by atoms with van der Waals surface area (Å²) in [5.41, 5.74) is 2.98. The lowest BCUT2D eigenvalue weighted by Crippen LogP contribution is -2.06. The van der Waals surface area contributed by atoms with E-state index in [-0.39, 0.29) is 0 Å². The van der Waals surface area contributed by atoms with E-state index in [0.717, 1.165) is 35.5 Å². The van der Waals surface area contributed by atoms with E-state index in [1.165, 1.54) is 0 Å². The number of benzene rings is 1. The SMILES string of the molecule is CCCn1cncc1COc1cc(C)ccc1[C@@H](C)O. The first-order chi connectivity index (χ1) is 9.61. The van der Waals surface area contributed by atoms with Crippen LogP contribution in [0.15, 0.2) is 30.7 Å². The number of hydrogen-bond acceptors (Lipinski definition) is 3. The molecule has 108 valence electrons. The average Bonchev–Trinajstić information content (AvgIpc) is 2.84. The van der Waals surface area contributed by atoms with Crippen molar-refractivity contribution in [3.05, 3.63) is 47.5 Å². The zero-order chi connectivity index (χ0) is 14.5. The van der Waals surface area contributed by atoms with Crippen LogP contribution in [0, 0.1) is 6.92 Å². The lowest BCUT2D eigenvalue weighted by Gasteiger charge is -2.15. The van der Waals surface area contributed by atoms with E-state index in [0.29, 0.717) is 6.61 Å². The van der Waals surface area contributed by atoms with Gasteiger partial charge < -0.3 is 14.4 Å². The van der Waals surface area contributed by atoms with Gasteiger partial charge in [-0.3, -0.25) is 0 Å². The van der Waals surface area contributed by atoms with Gasteiger partial charge in [-0.25, -0.2) is 4.98 Å². The maximum Gasteiger partial charge on any atom is 0.130 e. The summed E-state index contributed by atoms with van der Waals surface area (Å²) in [6.07, 6.45) is 4.18. The maximum absolute atomic E-state index is 9.79. The van der Waals surface area contributed by atoms with Gasteiger partial charge in [0.1, 0.15) is 12.4 Å². The second kappa shape index (κ2) is 6.57. The van der Waals surface area contributed by atoms with Crippen LogP contribution in [0.2, 0.25) is 0 Å². The van der Waals surface area contributed by atoms with Crippen molar-refractivity contribution >= 4 is 0 Å². The fraction of sp³-hybridized carbons (Fsp3) is 0.438. The van der Waals surface area contributed by atoms with Crippen molar-refractivity contribution in [2.75, 3.05) is 0 Å². The second-order valence-corrected chi connectivity index (χ2v) is 5.08. The van der Waals surface area contributed by atoms with Gasteiger partial charge >= 0.3 is 0 Å². The fourth-order valence-corrected chi connectivity index (χ4v) is 2.17. The first-order valence-corrected chi connectivity index (χ1v) is 7.02. The van der Waals surface area contributed by atoms with Crippen molar-refractivity contribution in [2.24, 2.45) is 0 Å². The number of hydrogen-bond donors (Lipinski definition) is 1. The van der Waals surface area contributed by atoms with Crippen molar-refractivity contribution in [1.29, 1.82) is 0 Å². The van der Waals surface area contributed by atoms with Crippen LogP contribution in [0.25, 0.3) is 0 Å². The minimum Gasteiger partial charge on any atom is -0.487 e. The Morgan fingerprint density at radius 3 is 2.90 bits per heavy atom. The Balaban J connectivity index is 2.14. The minimum atomic E-state index is -0.536. The Hall–Kier alpha value is -1.81. The minimum absolute atomic E-state index is 0.461. The predicted molar refractivity (Wildman–Crippen MR) is 78.7 cm³/mol. The van der Waals surface area contributed by atoms with Crippen LogP contribution in [0.1, 0.15) is 43.2 Å². The molecule has 0 saturated heterocycles. The Morgan fingerprint density at radius 1 is 1.40 bits per heavy atom. The number of ether oxygens (including phenoxy) is 1. The third kappa shape index (κ3) is 3.39. The summed E-state index contributed by atoms with van der Waals surface area (Å²) in [7, 11) is 0. The smallest absolute Gasteiger partial charge is 0.130 e. The summed E-state index contributed by atoms with van der Waals surface area (Å²) >= 11 is 0. The molecular formula is C16H22N2O2. The zero-order valence-electron chi connectivity index (χ0n) is 12.3. The topological polar surface area (TPSA) is 47.3 Å². The summed E-state index contributed by atoms with van der Waals surface area (Å²) in [4.78, 5) is 4.16. The molecule has 0 radical (unpaired) electrons. The van der Waals surface area contributed by atoms with Crippen molar-refractivity contribution in [1.82, 2.24) is 9.55 Å². The first kappa shape index (κ1) is 14.6. The monoisotopic (exact) mass is 274 g/mol. The van der Waals surface area contributed by atoms with Crippen LogP contribution in [0.4, 0.5) is 0 Å². The molecule has 1 N–H and O–H groups in total. The summed E-state index contributed by atoms with van der Waals surface area (Å²) in [5.74, 6) is 0.740. The van der Waals surface area contributed by atoms with Gasteiger partial charge in [0.15, 0.2) is 0 Å². The Morgan fingerprint density at radius 2 is 2.20 bits per heavy atom. The fourth-order valence-electron chi connectivity index (χ4n) is 2.17. The average molecular weight is 274 g/mol. The Kier molecular flexibility index (Phi) is 4.79. The van der Waals surface area contributed by atoms with Gasteiger partial charge in [0, 0.05) is 12.1 Å². The largest absolute Gasteiger partial charge is 0.487 e. The third-order valence-corrected chi connectivity index (χ3v) is 3.26. The van der Waals surface area contributed by atoms with Crippen LogP contribution in [-0.2, 0) is 13.2 Å². The molecule has 4 nitrogen and oxygen atoms in total. The molecule has 2 aromatic rings. The lowest BCUT2D eigenvalue weighted by molar-refractivity contribution is 0.189. The zero-order valence-corrected chi connectivity index (χ0v) is 12.3. The molecule has 0 amide bonds. The number of aliphatic hydroxyl groups excluding tert-OH is 1. The van der Waals surface area contributed by atoms with Crippen LogP contribution >= 0.6 is 0 Å². The van der Waals surface area contributed by atoms with Crippen LogP contribution in [-0.4, -0.2) is 14.7 Å². The first-order valence-electron chi connectivity index (χ1n) is 7.02. The summed E-state index contributed by atoms with van der Waals surface area (Å²) in [5, 5.41) is 9.79. The molecular weight excluding hydrogens is 252 g/mol. The van der Waals surface area contributed by atoms with Gasteiger partial charge in [0.25, 0.3) is 0 Å². The van der Waals surface area contributed by atoms with E-state index in [1.54, 1.807) is 6.92 Å². The summed E-state index contributed by atoms with van der Waals surface area (Å²) < 4.78 is 7.98. The van der Waals surface area contributed by atoms with Gasteiger partial charge in [-0.05, 0) is 31.9 Å². The third-order valence-electron chi connectivity index (χ3n) is 3.26. The second-order valence-electron chi connectivity index (χ2n) is 5.08. The van der Waals surface area contributed by atoms with E-state index >= 15 is 0 Å². The molecule has 0 aliphatic heterocycles. The standard InChI is InChI=1S/C16H22N2O2/c1-4-7-18-11-17-9-14(18)10-20-16-8-12(2)5-6-15(16)13(3)19/h5-6,8-9,11,13,19H,4,7,10H2,1-3H3/t13-/m1/s1. The molecule has 0 spiro atoms. The van der Waals surface area contributed by atoms with Gasteiger partial charge in [0.05, 0.1) is 24.3 Å². The molecule has 20 heavy (non-hydrogen) atoms. The molecule has 1 aromatic carbocycles. The quantitative estimate of drug-likeness (QED) is 0.879. The molecule has 0 fully saturated rings. The van der Waals surface area contributed by atoms with Gasteiger partial charge in [0.2, 0.25) is 0 Å². The molecule has 1 heterocycles. The number of aliphatic hydroxyl groups is 1. The molecule has 1 atom stereocenters. The van der Waals surface area contributed by atoms with Crippen LogP contribution in [0.5, 0.6) is 5.75 Å². The molecule has 2 rings (SSSR count). The van der Waals surface area contributed by atoms with E-state index in [2.05, 4.69) is 16.5 Å². The van der Waals surface area contributed by atoms with E-state index in [1.807, 2.05) is 37.6 Å². The molecule has 0 aliphatic carbocycles. The lowest BCUT2D eigenvalue weighted by atomic mass is 10.1. The molecule has 0 saturated carbocycles. The van der Waals surface area contributed by atoms with Crippen LogP contribution in [0.3, 0.4) is 0 Å². The highest BCUT2D eigenvalue weighted by molar-refractivity contribution is 5.38. The van der Waals surface area contributed by atoms with Gasteiger partial charge in [-0.15, -0.1) is 0 Å².